The third kappa shape index (κ3) is 15.1. The molecule has 0 aliphatic rings. The Morgan fingerprint density at radius 3 is 1.83 bits per heavy atom. The lowest BCUT2D eigenvalue weighted by Gasteiger charge is -2.06. The number of hydrogen-bond donors (Lipinski definition) is 1. The van der Waals surface area contributed by atoms with Crippen molar-refractivity contribution < 1.29 is 29.0 Å². The third-order valence-electron chi connectivity index (χ3n) is 3.40. The lowest BCUT2D eigenvalue weighted by Crippen LogP contribution is -2.09. The maximum atomic E-state index is 11.5. The van der Waals surface area contributed by atoms with Crippen molar-refractivity contribution in [2.45, 2.75) is 71.1 Å². The van der Waals surface area contributed by atoms with Crippen LogP contribution in [0.25, 0.3) is 0 Å². The van der Waals surface area contributed by atoms with Gasteiger partial charge in [-0.25, -0.2) is 4.79 Å². The van der Waals surface area contributed by atoms with Crippen molar-refractivity contribution in [1.82, 2.24) is 0 Å². The second-order valence-corrected chi connectivity index (χ2v) is 5.86. The van der Waals surface area contributed by atoms with Gasteiger partial charge in [0, 0.05) is 18.4 Å². The van der Waals surface area contributed by atoms with Gasteiger partial charge >= 0.3 is 17.9 Å². The van der Waals surface area contributed by atoms with E-state index in [0.29, 0.717) is 38.0 Å². The monoisotopic (exact) mass is 342 g/mol. The van der Waals surface area contributed by atoms with E-state index in [1.165, 1.54) is 0 Å². The quantitative estimate of drug-likeness (QED) is 0.278. The molecule has 1 N–H and O–H groups in total. The molecule has 0 amide bonds. The molecule has 0 heterocycles. The van der Waals surface area contributed by atoms with E-state index in [1.807, 2.05) is 0 Å². The average molecular weight is 342 g/mol. The predicted octanol–water partition coefficient (Wildman–Crippen LogP) is 3.63. The summed E-state index contributed by atoms with van der Waals surface area (Å²) in [7, 11) is 0. The number of carbonyl (C=O) groups excluding carboxylic acids is 2. The molecule has 0 saturated heterocycles. The van der Waals surface area contributed by atoms with Crippen LogP contribution in [0.4, 0.5) is 0 Å². The van der Waals surface area contributed by atoms with E-state index >= 15 is 0 Å². The molecule has 6 nitrogen and oxygen atoms in total. The number of carbonyl (C=O) groups is 3. The van der Waals surface area contributed by atoms with Gasteiger partial charge in [-0.3, -0.25) is 9.59 Å². The van der Waals surface area contributed by atoms with Crippen LogP contribution in [-0.4, -0.2) is 36.2 Å². The Morgan fingerprint density at radius 2 is 1.29 bits per heavy atom. The highest BCUT2D eigenvalue weighted by molar-refractivity contribution is 5.86. The minimum atomic E-state index is -0.744. The van der Waals surface area contributed by atoms with Gasteiger partial charge in [0.05, 0.1) is 13.2 Å². The molecule has 138 valence electrons. The molecule has 0 fully saturated rings. The van der Waals surface area contributed by atoms with E-state index < -0.39 is 11.9 Å². The predicted molar refractivity (Wildman–Crippen MR) is 90.5 cm³/mol. The van der Waals surface area contributed by atoms with Gasteiger partial charge < -0.3 is 14.6 Å². The Kier molecular flexibility index (Phi) is 13.6. The zero-order chi connectivity index (χ0) is 18.2. The summed E-state index contributed by atoms with van der Waals surface area (Å²) in [5, 5.41) is 8.50. The summed E-state index contributed by atoms with van der Waals surface area (Å²) in [6, 6.07) is 0. The van der Waals surface area contributed by atoms with E-state index in [9.17, 15) is 14.4 Å². The number of esters is 2. The largest absolute Gasteiger partial charge is 0.481 e. The van der Waals surface area contributed by atoms with Gasteiger partial charge in [-0.1, -0.05) is 32.3 Å². The normalized spacial score (nSPS) is 10.2. The van der Waals surface area contributed by atoms with Crippen LogP contribution in [0.15, 0.2) is 12.2 Å². The van der Waals surface area contributed by atoms with Crippen LogP contribution >= 0.6 is 0 Å². The number of carboxylic acid groups (broad SMARTS) is 1. The fourth-order valence-electron chi connectivity index (χ4n) is 2.00. The number of carboxylic acids is 1. The Balaban J connectivity index is 3.31. The number of rotatable bonds is 15. The summed E-state index contributed by atoms with van der Waals surface area (Å²) < 4.78 is 10.0. The van der Waals surface area contributed by atoms with Crippen LogP contribution in [0.1, 0.15) is 71.1 Å². The van der Waals surface area contributed by atoms with Crippen LogP contribution in [0, 0.1) is 0 Å². The highest BCUT2D eigenvalue weighted by Crippen LogP contribution is 2.09. The van der Waals surface area contributed by atoms with E-state index in [1.54, 1.807) is 6.92 Å². The fourth-order valence-corrected chi connectivity index (χ4v) is 2.00. The highest BCUT2D eigenvalue weighted by Gasteiger charge is 2.04. The van der Waals surface area contributed by atoms with Gasteiger partial charge in [-0.15, -0.1) is 0 Å². The Labute approximate surface area is 144 Å². The molecule has 0 aromatic carbocycles. The number of aliphatic carboxylic acids is 1. The molecule has 0 aromatic rings. The van der Waals surface area contributed by atoms with Crippen molar-refractivity contribution in [2.75, 3.05) is 13.2 Å². The van der Waals surface area contributed by atoms with Crippen molar-refractivity contribution in [3.05, 3.63) is 12.2 Å². The van der Waals surface area contributed by atoms with Gasteiger partial charge in [-0.05, 0) is 32.6 Å². The van der Waals surface area contributed by atoms with Crippen molar-refractivity contribution >= 4 is 17.9 Å². The Bertz CT molecular complexity index is 402. The molecule has 0 aromatic heterocycles. The van der Waals surface area contributed by atoms with Crippen LogP contribution in [0.3, 0.4) is 0 Å². The molecule has 0 atom stereocenters. The summed E-state index contributed by atoms with van der Waals surface area (Å²) in [6.07, 6.45) is 7.39. The van der Waals surface area contributed by atoms with Gasteiger partial charge in [0.2, 0.25) is 0 Å². The molecule has 0 rings (SSSR count). The Hall–Kier alpha value is -1.85. The first-order valence-electron chi connectivity index (χ1n) is 8.63. The van der Waals surface area contributed by atoms with Gasteiger partial charge in [-0.2, -0.15) is 0 Å². The molecule has 0 bridgehead atoms. The molecule has 0 aliphatic heterocycles. The molecule has 24 heavy (non-hydrogen) atoms. The number of ether oxygens (including phenoxy) is 2. The summed E-state index contributed by atoms with van der Waals surface area (Å²) in [6.45, 7) is 5.74. The van der Waals surface area contributed by atoms with Crippen LogP contribution in [-0.2, 0) is 23.9 Å². The lowest BCUT2D eigenvalue weighted by molar-refractivity contribution is -0.144. The molecule has 0 aliphatic carbocycles. The van der Waals surface area contributed by atoms with Crippen molar-refractivity contribution in [1.29, 1.82) is 0 Å². The smallest absolute Gasteiger partial charge is 0.333 e. The third-order valence-corrected chi connectivity index (χ3v) is 3.40. The number of unbranched alkanes of at least 4 members (excludes halogenated alkanes) is 6. The van der Waals surface area contributed by atoms with Crippen molar-refractivity contribution in [2.24, 2.45) is 0 Å². The number of hydrogen-bond acceptors (Lipinski definition) is 5. The molecular formula is C18H30O6. The standard InChI is InChI=1S/C18H30O6/c1-15(2)18(22)24-14-10-9-13-23-17(21)12-8-6-4-3-5-7-11-16(19)20/h1,3-14H2,2H3,(H,19,20). The van der Waals surface area contributed by atoms with E-state index in [-0.39, 0.29) is 12.4 Å². The first-order chi connectivity index (χ1) is 11.4. The van der Waals surface area contributed by atoms with Crippen LogP contribution in [0.2, 0.25) is 0 Å². The summed E-state index contributed by atoms with van der Waals surface area (Å²) >= 11 is 0. The molecule has 0 saturated carbocycles. The van der Waals surface area contributed by atoms with Gasteiger partial charge in [0.15, 0.2) is 0 Å². The molecular weight excluding hydrogens is 312 g/mol. The maximum absolute atomic E-state index is 11.5. The zero-order valence-electron chi connectivity index (χ0n) is 14.7. The van der Waals surface area contributed by atoms with Gasteiger partial charge in [0.25, 0.3) is 0 Å². The molecule has 6 heteroatoms. The minimum Gasteiger partial charge on any atom is -0.481 e. The zero-order valence-corrected chi connectivity index (χ0v) is 14.7. The van der Waals surface area contributed by atoms with Crippen molar-refractivity contribution in [3.63, 3.8) is 0 Å². The second-order valence-electron chi connectivity index (χ2n) is 5.86. The second kappa shape index (κ2) is 14.7. The first kappa shape index (κ1) is 22.1. The Morgan fingerprint density at radius 1 is 0.792 bits per heavy atom. The maximum Gasteiger partial charge on any atom is 0.333 e. The van der Waals surface area contributed by atoms with E-state index in [4.69, 9.17) is 14.6 Å². The van der Waals surface area contributed by atoms with Gasteiger partial charge in [0.1, 0.15) is 0 Å². The van der Waals surface area contributed by atoms with Crippen molar-refractivity contribution in [3.8, 4) is 0 Å². The SMILES string of the molecule is C=C(C)C(=O)OCCCCOC(=O)CCCCCCCCC(=O)O. The molecule has 0 radical (unpaired) electrons. The topological polar surface area (TPSA) is 89.9 Å². The summed E-state index contributed by atoms with van der Waals surface area (Å²) in [5.41, 5.74) is 0.378. The minimum absolute atomic E-state index is 0.195. The molecule has 0 unspecified atom stereocenters. The van der Waals surface area contributed by atoms with Crippen LogP contribution in [0.5, 0.6) is 0 Å². The average Bonchev–Trinajstić information content (AvgIpc) is 2.52. The summed E-state index contributed by atoms with van der Waals surface area (Å²) in [4.78, 5) is 32.9. The van der Waals surface area contributed by atoms with E-state index in [0.717, 1.165) is 38.5 Å². The van der Waals surface area contributed by atoms with Crippen LogP contribution < -0.4 is 0 Å². The fraction of sp³-hybridized carbons (Fsp3) is 0.722. The van der Waals surface area contributed by atoms with E-state index in [2.05, 4.69) is 6.58 Å². The first-order valence-corrected chi connectivity index (χ1v) is 8.63. The lowest BCUT2D eigenvalue weighted by atomic mass is 10.1. The molecule has 0 spiro atoms. The highest BCUT2D eigenvalue weighted by atomic mass is 16.5. The summed E-state index contributed by atoms with van der Waals surface area (Å²) in [5.74, 6) is -1.33.